The van der Waals surface area contributed by atoms with Crippen LogP contribution in [0.2, 0.25) is 0 Å². The SMILES string of the molecule is Cc1ccc(CNC(=S)N/N=C/c2ccccc2O)cc1. The lowest BCUT2D eigenvalue weighted by atomic mass is 10.1. The summed E-state index contributed by atoms with van der Waals surface area (Å²) >= 11 is 5.13. The second-order valence-corrected chi connectivity index (χ2v) is 5.01. The standard InChI is InChI=1S/C16H17N3OS/c1-12-6-8-13(9-7-12)10-17-16(21)19-18-11-14-4-2-3-5-15(14)20/h2-9,11,20H,10H2,1H3,(H2,17,19,21)/b18-11+. The first kappa shape index (κ1) is 15.0. The van der Waals surface area contributed by atoms with Crippen molar-refractivity contribution in [2.75, 3.05) is 0 Å². The minimum absolute atomic E-state index is 0.182. The number of phenols is 1. The van der Waals surface area contributed by atoms with Crippen LogP contribution < -0.4 is 10.7 Å². The Morgan fingerprint density at radius 2 is 1.90 bits per heavy atom. The number of para-hydroxylation sites is 1. The Hall–Kier alpha value is -2.40. The molecule has 4 nitrogen and oxygen atoms in total. The average Bonchev–Trinajstić information content (AvgIpc) is 2.49. The first-order chi connectivity index (χ1) is 10.1. The number of nitrogens with zero attached hydrogens (tertiary/aromatic N) is 1. The van der Waals surface area contributed by atoms with Gasteiger partial charge in [0.1, 0.15) is 5.75 Å². The van der Waals surface area contributed by atoms with Crippen molar-refractivity contribution < 1.29 is 5.11 Å². The Labute approximate surface area is 129 Å². The minimum atomic E-state index is 0.182. The van der Waals surface area contributed by atoms with Crippen molar-refractivity contribution in [1.29, 1.82) is 0 Å². The van der Waals surface area contributed by atoms with Crippen LogP contribution in [-0.2, 0) is 6.54 Å². The maximum atomic E-state index is 9.58. The van der Waals surface area contributed by atoms with Crippen LogP contribution in [0.15, 0.2) is 53.6 Å². The van der Waals surface area contributed by atoms with Crippen molar-refractivity contribution in [3.8, 4) is 5.75 Å². The van der Waals surface area contributed by atoms with E-state index in [1.807, 2.05) is 6.07 Å². The monoisotopic (exact) mass is 299 g/mol. The first-order valence-electron chi connectivity index (χ1n) is 6.55. The van der Waals surface area contributed by atoms with E-state index in [4.69, 9.17) is 12.2 Å². The van der Waals surface area contributed by atoms with E-state index in [0.29, 0.717) is 17.2 Å². The van der Waals surface area contributed by atoms with E-state index >= 15 is 0 Å². The van der Waals surface area contributed by atoms with Gasteiger partial charge < -0.3 is 10.4 Å². The molecule has 0 fully saturated rings. The number of phenolic OH excluding ortho intramolecular Hbond substituents is 1. The fourth-order valence-corrected chi connectivity index (χ4v) is 1.81. The number of hydrogen-bond donors (Lipinski definition) is 3. The molecule has 0 unspecified atom stereocenters. The molecule has 0 heterocycles. The van der Waals surface area contributed by atoms with Crippen molar-refractivity contribution in [1.82, 2.24) is 10.7 Å². The fraction of sp³-hybridized carbons (Fsp3) is 0.125. The maximum Gasteiger partial charge on any atom is 0.187 e. The molecule has 2 rings (SSSR count). The molecule has 3 N–H and O–H groups in total. The highest BCUT2D eigenvalue weighted by Gasteiger charge is 1.97. The summed E-state index contributed by atoms with van der Waals surface area (Å²) in [6.07, 6.45) is 1.52. The van der Waals surface area contributed by atoms with E-state index in [1.165, 1.54) is 11.8 Å². The molecule has 2 aromatic rings. The van der Waals surface area contributed by atoms with Gasteiger partial charge in [0.2, 0.25) is 0 Å². The highest BCUT2D eigenvalue weighted by atomic mass is 32.1. The van der Waals surface area contributed by atoms with Crippen LogP contribution in [0.25, 0.3) is 0 Å². The molecule has 0 bridgehead atoms. The van der Waals surface area contributed by atoms with Crippen LogP contribution in [0.1, 0.15) is 16.7 Å². The average molecular weight is 299 g/mol. The van der Waals surface area contributed by atoms with Gasteiger partial charge >= 0.3 is 0 Å². The Morgan fingerprint density at radius 3 is 2.62 bits per heavy atom. The molecule has 0 aliphatic rings. The first-order valence-corrected chi connectivity index (χ1v) is 6.96. The quantitative estimate of drug-likeness (QED) is 0.461. The number of nitrogens with one attached hydrogen (secondary N) is 2. The van der Waals surface area contributed by atoms with Crippen molar-refractivity contribution in [2.45, 2.75) is 13.5 Å². The highest BCUT2D eigenvalue weighted by Crippen LogP contribution is 2.12. The fourth-order valence-electron chi connectivity index (χ4n) is 1.68. The number of hydrazone groups is 1. The second-order valence-electron chi connectivity index (χ2n) is 4.60. The van der Waals surface area contributed by atoms with Crippen molar-refractivity contribution in [3.05, 3.63) is 65.2 Å². The smallest absolute Gasteiger partial charge is 0.187 e. The molecule has 21 heavy (non-hydrogen) atoms. The van der Waals surface area contributed by atoms with Gasteiger partial charge in [0.05, 0.1) is 6.21 Å². The molecule has 0 saturated heterocycles. The van der Waals surface area contributed by atoms with Crippen LogP contribution in [0.4, 0.5) is 0 Å². The van der Waals surface area contributed by atoms with Gasteiger partial charge in [0.15, 0.2) is 5.11 Å². The summed E-state index contributed by atoms with van der Waals surface area (Å²) in [6.45, 7) is 2.69. The van der Waals surface area contributed by atoms with Gasteiger partial charge in [-0.1, -0.05) is 42.0 Å². The molecule has 0 aromatic heterocycles. The van der Waals surface area contributed by atoms with Gasteiger partial charge in [-0.05, 0) is 36.8 Å². The molecule has 2 aromatic carbocycles. The maximum absolute atomic E-state index is 9.58. The third-order valence-corrected chi connectivity index (χ3v) is 3.12. The van der Waals surface area contributed by atoms with E-state index in [1.54, 1.807) is 18.2 Å². The Kier molecular flexibility index (Phi) is 5.29. The topological polar surface area (TPSA) is 56.7 Å². The molecule has 0 aliphatic carbocycles. The molecular formula is C16H17N3OS. The molecule has 0 atom stereocenters. The number of aryl methyl sites for hydroxylation is 1. The summed E-state index contributed by atoms with van der Waals surface area (Å²) in [7, 11) is 0. The largest absolute Gasteiger partial charge is 0.507 e. The van der Waals surface area contributed by atoms with E-state index < -0.39 is 0 Å². The van der Waals surface area contributed by atoms with Gasteiger partial charge in [0, 0.05) is 12.1 Å². The summed E-state index contributed by atoms with van der Waals surface area (Å²) in [5.41, 5.74) is 5.73. The zero-order chi connectivity index (χ0) is 15.1. The lowest BCUT2D eigenvalue weighted by molar-refractivity contribution is 0.474. The predicted molar refractivity (Wildman–Crippen MR) is 89.5 cm³/mol. The Bertz CT molecular complexity index is 638. The lowest BCUT2D eigenvalue weighted by Gasteiger charge is -2.07. The molecular weight excluding hydrogens is 282 g/mol. The van der Waals surface area contributed by atoms with E-state index in [9.17, 15) is 5.11 Å². The third-order valence-electron chi connectivity index (χ3n) is 2.88. The van der Waals surface area contributed by atoms with E-state index in [-0.39, 0.29) is 5.75 Å². The van der Waals surface area contributed by atoms with E-state index in [2.05, 4.69) is 47.0 Å². The van der Waals surface area contributed by atoms with Gasteiger partial charge in [-0.15, -0.1) is 0 Å². The van der Waals surface area contributed by atoms with Crippen molar-refractivity contribution in [2.24, 2.45) is 5.10 Å². The van der Waals surface area contributed by atoms with Gasteiger partial charge in [-0.3, -0.25) is 5.43 Å². The Balaban J connectivity index is 1.80. The van der Waals surface area contributed by atoms with Gasteiger partial charge in [-0.2, -0.15) is 5.10 Å². The van der Waals surface area contributed by atoms with Crippen LogP contribution in [-0.4, -0.2) is 16.4 Å². The van der Waals surface area contributed by atoms with Crippen LogP contribution >= 0.6 is 12.2 Å². The van der Waals surface area contributed by atoms with Crippen molar-refractivity contribution in [3.63, 3.8) is 0 Å². The van der Waals surface area contributed by atoms with Crippen molar-refractivity contribution >= 4 is 23.5 Å². The minimum Gasteiger partial charge on any atom is -0.507 e. The normalized spacial score (nSPS) is 10.5. The molecule has 0 aliphatic heterocycles. The summed E-state index contributed by atoms with van der Waals surface area (Å²) in [6, 6.07) is 15.2. The number of benzene rings is 2. The Morgan fingerprint density at radius 1 is 1.19 bits per heavy atom. The molecule has 0 radical (unpaired) electrons. The van der Waals surface area contributed by atoms with E-state index in [0.717, 1.165) is 5.56 Å². The molecule has 0 spiro atoms. The van der Waals surface area contributed by atoms with Crippen LogP contribution in [0.3, 0.4) is 0 Å². The predicted octanol–water partition coefficient (Wildman–Crippen LogP) is 2.70. The van der Waals surface area contributed by atoms with Crippen LogP contribution in [0, 0.1) is 6.92 Å². The summed E-state index contributed by atoms with van der Waals surface area (Å²) in [5, 5.41) is 17.1. The number of thiocarbonyl (C=S) groups is 1. The summed E-state index contributed by atoms with van der Waals surface area (Å²) in [4.78, 5) is 0. The zero-order valence-corrected chi connectivity index (χ0v) is 12.5. The summed E-state index contributed by atoms with van der Waals surface area (Å²) < 4.78 is 0. The highest BCUT2D eigenvalue weighted by molar-refractivity contribution is 7.80. The van der Waals surface area contributed by atoms with Gasteiger partial charge in [0.25, 0.3) is 0 Å². The number of aromatic hydroxyl groups is 1. The molecule has 5 heteroatoms. The third kappa shape index (κ3) is 4.89. The molecule has 108 valence electrons. The zero-order valence-electron chi connectivity index (χ0n) is 11.7. The second kappa shape index (κ2) is 7.40. The molecule has 0 saturated carbocycles. The molecule has 0 amide bonds. The number of hydrogen-bond acceptors (Lipinski definition) is 3. The summed E-state index contributed by atoms with van der Waals surface area (Å²) in [5.74, 6) is 0.182. The lowest BCUT2D eigenvalue weighted by Crippen LogP contribution is -2.31. The van der Waals surface area contributed by atoms with Crippen LogP contribution in [0.5, 0.6) is 5.75 Å². The number of rotatable bonds is 4. The van der Waals surface area contributed by atoms with Gasteiger partial charge in [-0.25, -0.2) is 0 Å².